The van der Waals surface area contributed by atoms with Crippen molar-refractivity contribution in [3.8, 4) is 11.1 Å². The highest BCUT2D eigenvalue weighted by atomic mass is 35.5. The number of carboxylic acid groups (broad SMARTS) is 1. The molecule has 0 saturated carbocycles. The summed E-state index contributed by atoms with van der Waals surface area (Å²) < 4.78 is 13.9. The van der Waals surface area contributed by atoms with Crippen molar-refractivity contribution in [2.24, 2.45) is 5.16 Å². The third-order valence-corrected chi connectivity index (χ3v) is 3.39. The molecule has 0 atom stereocenters. The minimum atomic E-state index is -0.971. The van der Waals surface area contributed by atoms with Crippen LogP contribution >= 0.6 is 11.6 Å². The zero-order chi connectivity index (χ0) is 16.1. The van der Waals surface area contributed by atoms with Crippen LogP contribution in [0.2, 0.25) is 5.02 Å². The number of oxime groups is 1. The van der Waals surface area contributed by atoms with Crippen molar-refractivity contribution in [2.45, 2.75) is 12.8 Å². The maximum absolute atomic E-state index is 13.9. The number of aliphatic carboxylic acids is 1. The van der Waals surface area contributed by atoms with Gasteiger partial charge in [-0.2, -0.15) is 0 Å². The second kappa shape index (κ2) is 7.04. The van der Waals surface area contributed by atoms with Crippen LogP contribution in [0.5, 0.6) is 0 Å². The third kappa shape index (κ3) is 3.83. The van der Waals surface area contributed by atoms with Crippen LogP contribution in [0.3, 0.4) is 0 Å². The molecule has 0 aliphatic rings. The summed E-state index contributed by atoms with van der Waals surface area (Å²) in [5.41, 5.74) is 1.91. The predicted octanol–water partition coefficient (Wildman–Crippen LogP) is 4.19. The monoisotopic (exact) mass is 321 g/mol. The van der Waals surface area contributed by atoms with Crippen molar-refractivity contribution in [3.63, 3.8) is 0 Å². The van der Waals surface area contributed by atoms with Gasteiger partial charge in [-0.1, -0.05) is 41.0 Å². The summed E-state index contributed by atoms with van der Waals surface area (Å²) in [6.07, 6.45) is -0.0204. The standard InChI is InChI=1S/C16H13ClFNO3/c17-12-5-6-13(14(18)9-12)10-1-3-11(4-2-10)15(19-22)7-8-16(20)21/h1-6,9,22H,7-8H2,(H,20,21)/b19-15+. The molecule has 2 N–H and O–H groups in total. The van der Waals surface area contributed by atoms with Gasteiger partial charge in [-0.25, -0.2) is 4.39 Å². The van der Waals surface area contributed by atoms with Crippen LogP contribution in [0, 0.1) is 5.82 Å². The number of hydrogen-bond donors (Lipinski definition) is 2. The molecule has 0 unspecified atom stereocenters. The van der Waals surface area contributed by atoms with Gasteiger partial charge in [-0.05, 0) is 29.3 Å². The lowest BCUT2D eigenvalue weighted by molar-refractivity contribution is -0.136. The second-order valence-electron chi connectivity index (χ2n) is 4.64. The van der Waals surface area contributed by atoms with Gasteiger partial charge >= 0.3 is 5.97 Å². The molecule has 22 heavy (non-hydrogen) atoms. The lowest BCUT2D eigenvalue weighted by atomic mass is 10.00. The van der Waals surface area contributed by atoms with E-state index in [2.05, 4.69) is 5.16 Å². The fraction of sp³-hybridized carbons (Fsp3) is 0.125. The average Bonchev–Trinajstić information content (AvgIpc) is 2.48. The van der Waals surface area contributed by atoms with E-state index >= 15 is 0 Å². The predicted molar refractivity (Wildman–Crippen MR) is 82.0 cm³/mol. The molecule has 0 heterocycles. The molecule has 0 aliphatic heterocycles. The molecule has 0 aliphatic carbocycles. The van der Waals surface area contributed by atoms with E-state index in [0.717, 1.165) is 0 Å². The zero-order valence-electron chi connectivity index (χ0n) is 11.5. The number of hydrogen-bond acceptors (Lipinski definition) is 3. The van der Waals surface area contributed by atoms with Crippen LogP contribution in [-0.4, -0.2) is 22.0 Å². The lowest BCUT2D eigenvalue weighted by Gasteiger charge is -2.07. The van der Waals surface area contributed by atoms with E-state index in [1.54, 1.807) is 36.4 Å². The second-order valence-corrected chi connectivity index (χ2v) is 5.08. The molecule has 0 aromatic heterocycles. The molecular weight excluding hydrogens is 309 g/mol. The van der Waals surface area contributed by atoms with Crippen LogP contribution in [0.1, 0.15) is 18.4 Å². The van der Waals surface area contributed by atoms with Crippen molar-refractivity contribution in [1.82, 2.24) is 0 Å². The Hall–Kier alpha value is -2.40. The smallest absolute Gasteiger partial charge is 0.303 e. The number of rotatable bonds is 5. The Labute approximate surface area is 131 Å². The van der Waals surface area contributed by atoms with Gasteiger partial charge in [0.15, 0.2) is 0 Å². The van der Waals surface area contributed by atoms with Gasteiger partial charge in [-0.15, -0.1) is 0 Å². The SMILES string of the molecule is O=C(O)CC/C(=N\O)c1ccc(-c2ccc(Cl)cc2F)cc1. The highest BCUT2D eigenvalue weighted by Crippen LogP contribution is 2.26. The molecule has 2 aromatic carbocycles. The quantitative estimate of drug-likeness (QED) is 0.493. The van der Waals surface area contributed by atoms with E-state index < -0.39 is 11.8 Å². The molecule has 0 bridgehead atoms. The van der Waals surface area contributed by atoms with Gasteiger partial charge in [0.25, 0.3) is 0 Å². The van der Waals surface area contributed by atoms with E-state index in [4.69, 9.17) is 21.9 Å². The van der Waals surface area contributed by atoms with Crippen molar-refractivity contribution in [1.29, 1.82) is 0 Å². The Morgan fingerprint density at radius 1 is 1.14 bits per heavy atom. The summed E-state index contributed by atoms with van der Waals surface area (Å²) >= 11 is 5.72. The molecule has 6 heteroatoms. The minimum absolute atomic E-state index is 0.112. The summed E-state index contributed by atoms with van der Waals surface area (Å²) in [6, 6.07) is 11.1. The third-order valence-electron chi connectivity index (χ3n) is 3.16. The van der Waals surface area contributed by atoms with E-state index in [1.807, 2.05) is 0 Å². The Bertz CT molecular complexity index is 714. The normalized spacial score (nSPS) is 11.5. The molecule has 114 valence electrons. The molecular formula is C16H13ClFNO3. The van der Waals surface area contributed by atoms with Crippen molar-refractivity contribution < 1.29 is 19.5 Å². The van der Waals surface area contributed by atoms with Gasteiger partial charge in [0.05, 0.1) is 12.1 Å². The maximum atomic E-state index is 13.9. The highest BCUT2D eigenvalue weighted by molar-refractivity contribution is 6.30. The molecule has 4 nitrogen and oxygen atoms in total. The van der Waals surface area contributed by atoms with E-state index in [0.29, 0.717) is 21.7 Å². The Balaban J connectivity index is 2.24. The van der Waals surface area contributed by atoms with Crippen LogP contribution in [-0.2, 0) is 4.79 Å². The first kappa shape index (κ1) is 16.0. The van der Waals surface area contributed by atoms with Crippen LogP contribution in [0.4, 0.5) is 4.39 Å². The minimum Gasteiger partial charge on any atom is -0.481 e. The van der Waals surface area contributed by atoms with Gasteiger partial charge in [0.1, 0.15) is 5.82 Å². The first-order valence-corrected chi connectivity index (χ1v) is 6.87. The van der Waals surface area contributed by atoms with Crippen LogP contribution in [0.25, 0.3) is 11.1 Å². The summed E-state index contributed by atoms with van der Waals surface area (Å²) in [7, 11) is 0. The zero-order valence-corrected chi connectivity index (χ0v) is 12.2. The lowest BCUT2D eigenvalue weighted by Crippen LogP contribution is -2.05. The van der Waals surface area contributed by atoms with Gasteiger partial charge in [0, 0.05) is 17.0 Å². The van der Waals surface area contributed by atoms with Crippen molar-refractivity contribution in [2.75, 3.05) is 0 Å². The Morgan fingerprint density at radius 3 is 2.36 bits per heavy atom. The van der Waals surface area contributed by atoms with Crippen LogP contribution in [0.15, 0.2) is 47.6 Å². The fourth-order valence-electron chi connectivity index (χ4n) is 2.04. The number of halogens is 2. The molecule has 0 radical (unpaired) electrons. The highest BCUT2D eigenvalue weighted by Gasteiger charge is 2.10. The first-order chi connectivity index (χ1) is 10.5. The largest absolute Gasteiger partial charge is 0.481 e. The molecule has 0 spiro atoms. The summed E-state index contributed by atoms with van der Waals surface area (Å²) in [5.74, 6) is -1.40. The summed E-state index contributed by atoms with van der Waals surface area (Å²) in [5, 5.41) is 21.1. The fourth-order valence-corrected chi connectivity index (χ4v) is 2.20. The van der Waals surface area contributed by atoms with Gasteiger partial charge < -0.3 is 10.3 Å². The molecule has 0 saturated heterocycles. The molecule has 2 aromatic rings. The average molecular weight is 322 g/mol. The summed E-state index contributed by atoms with van der Waals surface area (Å²) in [4.78, 5) is 10.6. The van der Waals surface area contributed by atoms with E-state index in [-0.39, 0.29) is 18.6 Å². The topological polar surface area (TPSA) is 69.9 Å². The molecule has 2 rings (SSSR count). The van der Waals surface area contributed by atoms with Gasteiger partial charge in [0.2, 0.25) is 0 Å². The van der Waals surface area contributed by atoms with E-state index in [1.165, 1.54) is 6.07 Å². The maximum Gasteiger partial charge on any atom is 0.303 e. The number of carbonyl (C=O) groups is 1. The first-order valence-electron chi connectivity index (χ1n) is 6.50. The number of nitrogens with zero attached hydrogens (tertiary/aromatic N) is 1. The van der Waals surface area contributed by atoms with Crippen LogP contribution < -0.4 is 0 Å². The molecule has 0 fully saturated rings. The summed E-state index contributed by atoms with van der Waals surface area (Å²) in [6.45, 7) is 0. The number of carboxylic acids is 1. The van der Waals surface area contributed by atoms with E-state index in [9.17, 15) is 9.18 Å². The van der Waals surface area contributed by atoms with Crippen molar-refractivity contribution in [3.05, 3.63) is 58.9 Å². The Kier molecular flexibility index (Phi) is 5.12. The van der Waals surface area contributed by atoms with Gasteiger partial charge in [-0.3, -0.25) is 4.79 Å². The van der Waals surface area contributed by atoms with Crippen molar-refractivity contribution >= 4 is 23.3 Å². The Morgan fingerprint density at radius 2 is 1.82 bits per heavy atom. The number of benzene rings is 2. The molecule has 0 amide bonds.